The summed E-state index contributed by atoms with van der Waals surface area (Å²) in [7, 11) is 0. The number of halogens is 3. The van der Waals surface area contributed by atoms with Crippen LogP contribution in [0.1, 0.15) is 30.9 Å². The lowest BCUT2D eigenvalue weighted by atomic mass is 10.0. The van der Waals surface area contributed by atoms with Crippen LogP contribution in [0.5, 0.6) is 5.75 Å². The summed E-state index contributed by atoms with van der Waals surface area (Å²) in [5.74, 6) is -0.255. The molecule has 0 aliphatic rings. The van der Waals surface area contributed by atoms with Crippen LogP contribution in [0.25, 0.3) is 0 Å². The van der Waals surface area contributed by atoms with Crippen LogP contribution in [0, 0.1) is 0 Å². The van der Waals surface area contributed by atoms with Crippen molar-refractivity contribution in [1.29, 1.82) is 0 Å². The van der Waals surface area contributed by atoms with Gasteiger partial charge in [-0.2, -0.15) is 0 Å². The molecule has 3 aromatic carbocycles. The first-order valence-electron chi connectivity index (χ1n) is 11.8. The van der Waals surface area contributed by atoms with Gasteiger partial charge in [0, 0.05) is 35.1 Å². The molecule has 0 heterocycles. The molecule has 0 fully saturated rings. The monoisotopic (exact) mass is 546 g/mol. The van der Waals surface area contributed by atoms with Crippen LogP contribution >= 0.6 is 34.8 Å². The van der Waals surface area contributed by atoms with Gasteiger partial charge in [0.15, 0.2) is 6.61 Å². The van der Waals surface area contributed by atoms with Crippen LogP contribution in [0.15, 0.2) is 72.8 Å². The maximum Gasteiger partial charge on any atom is 0.261 e. The zero-order chi connectivity index (χ0) is 25.9. The molecular weight excluding hydrogens is 519 g/mol. The van der Waals surface area contributed by atoms with Gasteiger partial charge in [-0.05, 0) is 36.2 Å². The summed E-state index contributed by atoms with van der Waals surface area (Å²) in [6.07, 6.45) is 2.09. The molecule has 3 rings (SSSR count). The van der Waals surface area contributed by atoms with E-state index in [1.165, 1.54) is 4.90 Å². The number of carbonyl (C=O) groups excluding carboxylic acids is 2. The van der Waals surface area contributed by atoms with E-state index in [-0.39, 0.29) is 19.1 Å². The highest BCUT2D eigenvalue weighted by Gasteiger charge is 2.31. The summed E-state index contributed by atoms with van der Waals surface area (Å²) < 4.78 is 5.74. The van der Waals surface area contributed by atoms with Crippen LogP contribution in [-0.4, -0.2) is 35.9 Å². The zero-order valence-electron chi connectivity index (χ0n) is 20.1. The van der Waals surface area contributed by atoms with E-state index in [9.17, 15) is 9.59 Å². The lowest BCUT2D eigenvalue weighted by molar-refractivity contribution is -0.142. The quantitative estimate of drug-likeness (QED) is 0.261. The highest BCUT2D eigenvalue weighted by molar-refractivity contribution is 6.36. The summed E-state index contributed by atoms with van der Waals surface area (Å²) in [6.45, 7) is 2.31. The minimum absolute atomic E-state index is 0.0436. The Kier molecular flexibility index (Phi) is 10.9. The van der Waals surface area contributed by atoms with E-state index in [0.717, 1.165) is 18.4 Å². The van der Waals surface area contributed by atoms with Gasteiger partial charge >= 0.3 is 0 Å². The van der Waals surface area contributed by atoms with E-state index in [2.05, 4.69) is 12.2 Å². The largest absolute Gasteiger partial charge is 0.482 e. The Bertz CT molecular complexity index is 1140. The van der Waals surface area contributed by atoms with Gasteiger partial charge in [-0.3, -0.25) is 9.59 Å². The van der Waals surface area contributed by atoms with E-state index in [1.54, 1.807) is 42.5 Å². The summed E-state index contributed by atoms with van der Waals surface area (Å²) in [5, 5.41) is 4.20. The summed E-state index contributed by atoms with van der Waals surface area (Å²) in [5.41, 5.74) is 1.48. The number of rotatable bonds is 12. The number of unbranched alkanes of at least 4 members (excludes halogenated alkanes) is 1. The molecule has 36 heavy (non-hydrogen) atoms. The fraction of sp³-hybridized carbons (Fsp3) is 0.286. The maximum atomic E-state index is 13.6. The molecule has 0 spiro atoms. The molecule has 0 unspecified atom stereocenters. The van der Waals surface area contributed by atoms with Crippen LogP contribution < -0.4 is 10.1 Å². The van der Waals surface area contributed by atoms with Crippen LogP contribution in [0.4, 0.5) is 0 Å². The average molecular weight is 548 g/mol. The second-order valence-corrected chi connectivity index (χ2v) is 9.51. The van der Waals surface area contributed by atoms with Crippen molar-refractivity contribution in [3.05, 3.63) is 99.0 Å². The van der Waals surface area contributed by atoms with Gasteiger partial charge in [-0.1, -0.05) is 96.7 Å². The smallest absolute Gasteiger partial charge is 0.261 e. The number of ether oxygens (including phenoxy) is 1. The molecule has 8 heteroatoms. The molecule has 0 aliphatic carbocycles. The maximum absolute atomic E-state index is 13.6. The highest BCUT2D eigenvalue weighted by Crippen LogP contribution is 2.28. The molecule has 1 N–H and O–H groups in total. The molecule has 2 amide bonds. The second kappa shape index (κ2) is 14.1. The Balaban J connectivity index is 1.94. The summed E-state index contributed by atoms with van der Waals surface area (Å²) in [6, 6.07) is 20.8. The second-order valence-electron chi connectivity index (χ2n) is 8.29. The lowest BCUT2D eigenvalue weighted by Crippen LogP contribution is -2.52. The fourth-order valence-electron chi connectivity index (χ4n) is 3.70. The van der Waals surface area contributed by atoms with E-state index in [1.807, 2.05) is 30.3 Å². The van der Waals surface area contributed by atoms with E-state index >= 15 is 0 Å². The number of benzene rings is 3. The average Bonchev–Trinajstić information content (AvgIpc) is 2.87. The Hall–Kier alpha value is -2.73. The molecule has 0 aliphatic heterocycles. The van der Waals surface area contributed by atoms with Crippen LogP contribution in [-0.2, 0) is 22.6 Å². The Morgan fingerprint density at radius 1 is 0.889 bits per heavy atom. The van der Waals surface area contributed by atoms with Crippen molar-refractivity contribution in [3.8, 4) is 5.75 Å². The van der Waals surface area contributed by atoms with Crippen molar-refractivity contribution < 1.29 is 14.3 Å². The highest BCUT2D eigenvalue weighted by atomic mass is 35.5. The Morgan fingerprint density at radius 2 is 1.53 bits per heavy atom. The number of amides is 2. The lowest BCUT2D eigenvalue weighted by Gasteiger charge is -2.32. The summed E-state index contributed by atoms with van der Waals surface area (Å²) in [4.78, 5) is 28.5. The minimum Gasteiger partial charge on any atom is -0.482 e. The Morgan fingerprint density at radius 3 is 2.19 bits per heavy atom. The van der Waals surface area contributed by atoms with E-state index in [4.69, 9.17) is 39.5 Å². The first kappa shape index (κ1) is 27.9. The molecule has 0 saturated heterocycles. The van der Waals surface area contributed by atoms with Crippen molar-refractivity contribution >= 4 is 46.6 Å². The van der Waals surface area contributed by atoms with Gasteiger partial charge in [0.25, 0.3) is 5.91 Å². The first-order valence-corrected chi connectivity index (χ1v) is 13.0. The number of hydrogen-bond acceptors (Lipinski definition) is 3. The Labute approximate surface area is 227 Å². The SMILES string of the molecule is CCCCNC(=O)[C@@H](Cc1ccccc1)N(Cc1c(Cl)cccc1Cl)C(=O)COc1ccccc1Cl. The molecule has 3 aromatic rings. The fourth-order valence-corrected chi connectivity index (χ4v) is 4.41. The predicted molar refractivity (Wildman–Crippen MR) is 146 cm³/mol. The van der Waals surface area contributed by atoms with Crippen LogP contribution in [0.2, 0.25) is 15.1 Å². The molecule has 1 atom stereocenters. The third kappa shape index (κ3) is 7.89. The number of nitrogens with one attached hydrogen (secondary N) is 1. The number of carbonyl (C=O) groups is 2. The number of para-hydroxylation sites is 1. The van der Waals surface area contributed by atoms with Gasteiger partial charge in [0.1, 0.15) is 11.8 Å². The first-order chi connectivity index (χ1) is 17.4. The molecule has 5 nitrogen and oxygen atoms in total. The predicted octanol–water partition coefficient (Wildman–Crippen LogP) is 6.58. The van der Waals surface area contributed by atoms with E-state index < -0.39 is 11.9 Å². The van der Waals surface area contributed by atoms with Crippen molar-refractivity contribution in [2.75, 3.05) is 13.2 Å². The van der Waals surface area contributed by atoms with Gasteiger partial charge in [0.2, 0.25) is 5.91 Å². The minimum atomic E-state index is -0.807. The van der Waals surface area contributed by atoms with Gasteiger partial charge < -0.3 is 15.0 Å². The number of hydrogen-bond donors (Lipinski definition) is 1. The zero-order valence-corrected chi connectivity index (χ0v) is 22.3. The third-order valence-electron chi connectivity index (χ3n) is 5.68. The van der Waals surface area contributed by atoms with Crippen molar-refractivity contribution in [2.24, 2.45) is 0 Å². The van der Waals surface area contributed by atoms with Crippen molar-refractivity contribution in [2.45, 2.75) is 38.8 Å². The van der Waals surface area contributed by atoms with Crippen molar-refractivity contribution in [3.63, 3.8) is 0 Å². The molecule has 0 aromatic heterocycles. The van der Waals surface area contributed by atoms with Crippen molar-refractivity contribution in [1.82, 2.24) is 10.2 Å². The summed E-state index contributed by atoms with van der Waals surface area (Å²) >= 11 is 19.1. The molecule has 0 saturated carbocycles. The molecule has 190 valence electrons. The molecular formula is C28H29Cl3N2O3. The van der Waals surface area contributed by atoms with Gasteiger partial charge in [-0.15, -0.1) is 0 Å². The molecule has 0 bridgehead atoms. The van der Waals surface area contributed by atoms with E-state index in [0.29, 0.717) is 39.3 Å². The standard InChI is InChI=1S/C28H29Cl3N2O3/c1-2-3-16-32-28(35)25(17-20-10-5-4-6-11-20)33(18-21-22(29)13-9-14-23(21)30)27(34)19-36-26-15-8-7-12-24(26)31/h4-15,25H,2-3,16-19H2,1H3,(H,32,35)/t25-/m1/s1. The van der Waals surface area contributed by atoms with Gasteiger partial charge in [-0.25, -0.2) is 0 Å². The molecule has 0 radical (unpaired) electrons. The normalized spacial score (nSPS) is 11.6. The third-order valence-corrected chi connectivity index (χ3v) is 6.70. The van der Waals surface area contributed by atoms with Crippen LogP contribution in [0.3, 0.4) is 0 Å². The topological polar surface area (TPSA) is 58.6 Å². The van der Waals surface area contributed by atoms with Gasteiger partial charge in [0.05, 0.1) is 5.02 Å². The number of nitrogens with zero attached hydrogens (tertiary/aromatic N) is 1.